The Kier molecular flexibility index (Phi) is 3.52. The summed E-state index contributed by atoms with van der Waals surface area (Å²) in [4.78, 5) is 9.97. The van der Waals surface area contributed by atoms with Crippen LogP contribution in [0.25, 0.3) is 27.6 Å². The van der Waals surface area contributed by atoms with Crippen molar-refractivity contribution in [2.24, 2.45) is 0 Å². The van der Waals surface area contributed by atoms with Gasteiger partial charge < -0.3 is 0 Å². The molecule has 0 radical (unpaired) electrons. The largest absolute Gasteiger partial charge is 0.279 e. The summed E-state index contributed by atoms with van der Waals surface area (Å²) >= 11 is 0. The van der Waals surface area contributed by atoms with Gasteiger partial charge in [0.1, 0.15) is 11.5 Å². The van der Waals surface area contributed by atoms with Gasteiger partial charge >= 0.3 is 0 Å². The van der Waals surface area contributed by atoms with Crippen molar-refractivity contribution in [3.63, 3.8) is 0 Å². The van der Waals surface area contributed by atoms with E-state index < -0.39 is 19.3 Å². The van der Waals surface area contributed by atoms with Gasteiger partial charge in [0.25, 0.3) is 0 Å². The van der Waals surface area contributed by atoms with Crippen LogP contribution in [0, 0.1) is 0 Å². The van der Waals surface area contributed by atoms with Gasteiger partial charge in [-0.15, -0.1) is 0 Å². The summed E-state index contributed by atoms with van der Waals surface area (Å²) in [5, 5.41) is 0.994. The van der Waals surface area contributed by atoms with E-state index in [1.165, 1.54) is 0 Å². The Labute approximate surface area is 177 Å². The quantitative estimate of drug-likeness (QED) is 0.390. The molecule has 1 aliphatic heterocycles. The SMILES string of the molecule is CC(C)(C)c1nc2ccccc2c2nc3cc4c(cc3n12)C(C)(C)S(=O)(=O)C4(C)C. The highest BCUT2D eigenvalue weighted by molar-refractivity contribution is 7.93. The minimum Gasteiger partial charge on any atom is -0.279 e. The number of nitrogens with zero attached hydrogens (tertiary/aromatic N) is 3. The van der Waals surface area contributed by atoms with Gasteiger partial charge in [-0.25, -0.2) is 18.4 Å². The third-order valence-corrected chi connectivity index (χ3v) is 9.82. The van der Waals surface area contributed by atoms with Crippen LogP contribution in [-0.4, -0.2) is 22.8 Å². The maximum absolute atomic E-state index is 13.3. The molecule has 0 aliphatic carbocycles. The van der Waals surface area contributed by atoms with Gasteiger partial charge in [-0.05, 0) is 63.1 Å². The molecule has 0 spiro atoms. The number of benzene rings is 2. The summed E-state index contributed by atoms with van der Waals surface area (Å²) in [6.07, 6.45) is 0. The second-order valence-electron chi connectivity index (χ2n) is 10.4. The maximum atomic E-state index is 13.3. The lowest BCUT2D eigenvalue weighted by molar-refractivity contribution is 0.536. The number of fused-ring (bicyclic) bond motifs is 6. The van der Waals surface area contributed by atoms with Crippen molar-refractivity contribution in [3.8, 4) is 0 Å². The Balaban J connectivity index is 2.02. The topological polar surface area (TPSA) is 64.3 Å². The predicted molar refractivity (Wildman–Crippen MR) is 122 cm³/mol. The highest BCUT2D eigenvalue weighted by atomic mass is 32.2. The minimum atomic E-state index is -3.40. The van der Waals surface area contributed by atoms with Crippen LogP contribution in [0.3, 0.4) is 0 Å². The number of hydrogen-bond donors (Lipinski definition) is 0. The predicted octanol–water partition coefficient (Wildman–Crippen LogP) is 5.23. The van der Waals surface area contributed by atoms with Gasteiger partial charge in [0.15, 0.2) is 9.84 Å². The van der Waals surface area contributed by atoms with Gasteiger partial charge in [-0.1, -0.05) is 32.9 Å². The Morgan fingerprint density at radius 1 is 0.867 bits per heavy atom. The van der Waals surface area contributed by atoms with E-state index in [-0.39, 0.29) is 5.41 Å². The first-order valence-corrected chi connectivity index (χ1v) is 11.8. The van der Waals surface area contributed by atoms with Crippen LogP contribution in [-0.2, 0) is 24.7 Å². The first-order chi connectivity index (χ1) is 13.8. The van der Waals surface area contributed by atoms with Crippen LogP contribution >= 0.6 is 0 Å². The first kappa shape index (κ1) is 19.5. The summed E-state index contributed by atoms with van der Waals surface area (Å²) in [7, 11) is -3.40. The number of sulfone groups is 1. The molecule has 0 atom stereocenters. The van der Waals surface area contributed by atoms with Crippen molar-refractivity contribution in [2.75, 3.05) is 0 Å². The zero-order valence-electron chi connectivity index (χ0n) is 18.5. The highest BCUT2D eigenvalue weighted by Crippen LogP contribution is 2.53. The number of para-hydroxylation sites is 1. The van der Waals surface area contributed by atoms with E-state index in [1.54, 1.807) is 13.8 Å². The molecular formula is C24H27N3O2S. The van der Waals surface area contributed by atoms with E-state index in [0.29, 0.717) is 0 Å². The molecule has 4 aromatic rings. The summed E-state index contributed by atoms with van der Waals surface area (Å²) in [6.45, 7) is 13.6. The van der Waals surface area contributed by atoms with Crippen molar-refractivity contribution in [1.29, 1.82) is 0 Å². The molecule has 0 fully saturated rings. The van der Waals surface area contributed by atoms with Crippen LogP contribution in [0.15, 0.2) is 36.4 Å². The Morgan fingerprint density at radius 3 is 2.10 bits per heavy atom. The molecule has 6 heteroatoms. The fraction of sp³-hybridized carbons (Fsp3) is 0.417. The summed E-state index contributed by atoms with van der Waals surface area (Å²) < 4.78 is 26.8. The van der Waals surface area contributed by atoms with Crippen molar-refractivity contribution in [2.45, 2.75) is 63.4 Å². The van der Waals surface area contributed by atoms with Crippen LogP contribution in [0.4, 0.5) is 0 Å². The fourth-order valence-corrected chi connectivity index (χ4v) is 7.06. The van der Waals surface area contributed by atoms with Gasteiger partial charge in [0, 0.05) is 10.8 Å². The summed E-state index contributed by atoms with van der Waals surface area (Å²) in [5.41, 5.74) is 4.98. The zero-order chi connectivity index (χ0) is 21.9. The fourth-order valence-electron chi connectivity index (χ4n) is 4.87. The lowest BCUT2D eigenvalue weighted by atomic mass is 9.90. The number of rotatable bonds is 0. The average molecular weight is 422 g/mol. The lowest BCUT2D eigenvalue weighted by Gasteiger charge is -2.24. The summed E-state index contributed by atoms with van der Waals surface area (Å²) in [6, 6.07) is 12.1. The average Bonchev–Trinajstić information content (AvgIpc) is 3.07. The minimum absolute atomic E-state index is 0.213. The van der Waals surface area contributed by atoms with Crippen LogP contribution in [0.2, 0.25) is 0 Å². The third kappa shape index (κ3) is 2.15. The van der Waals surface area contributed by atoms with E-state index in [2.05, 4.69) is 25.2 Å². The Hall–Kier alpha value is -2.47. The van der Waals surface area contributed by atoms with Gasteiger partial charge in [0.05, 0.1) is 26.0 Å². The molecule has 5 rings (SSSR count). The molecule has 2 aromatic carbocycles. The molecule has 0 unspecified atom stereocenters. The Bertz CT molecular complexity index is 1490. The zero-order valence-corrected chi connectivity index (χ0v) is 19.3. The molecular weight excluding hydrogens is 394 g/mol. The standard InChI is InChI=1S/C24H27N3O2S/c1-22(2,3)21-26-17-11-9-8-10-14(17)20-25-18-12-15-16(13-19(18)27(20)21)24(6,7)30(28,29)23(15,4)5/h8-13H,1-7H3. The first-order valence-electron chi connectivity index (χ1n) is 10.3. The molecule has 2 aromatic heterocycles. The van der Waals surface area contributed by atoms with E-state index >= 15 is 0 Å². The highest BCUT2D eigenvalue weighted by Gasteiger charge is 2.56. The molecule has 3 heterocycles. The lowest BCUT2D eigenvalue weighted by Crippen LogP contribution is -2.33. The van der Waals surface area contributed by atoms with E-state index in [9.17, 15) is 8.42 Å². The van der Waals surface area contributed by atoms with Crippen LogP contribution in [0.1, 0.15) is 65.4 Å². The summed E-state index contributed by atoms with van der Waals surface area (Å²) in [5.74, 6) is 0.913. The molecule has 0 N–H and O–H groups in total. The molecule has 0 amide bonds. The van der Waals surface area contributed by atoms with Gasteiger partial charge in [-0.2, -0.15) is 0 Å². The monoisotopic (exact) mass is 421 g/mol. The molecule has 0 saturated heterocycles. The normalized spacial score (nSPS) is 19.6. The van der Waals surface area contributed by atoms with E-state index in [0.717, 1.165) is 44.5 Å². The molecule has 1 aliphatic rings. The van der Waals surface area contributed by atoms with Crippen molar-refractivity contribution >= 4 is 37.4 Å². The number of imidazole rings is 1. The maximum Gasteiger partial charge on any atom is 0.168 e. The van der Waals surface area contributed by atoms with Gasteiger partial charge in [0.2, 0.25) is 0 Å². The molecule has 30 heavy (non-hydrogen) atoms. The molecule has 0 bridgehead atoms. The van der Waals surface area contributed by atoms with Gasteiger partial charge in [-0.3, -0.25) is 4.40 Å². The van der Waals surface area contributed by atoms with Crippen molar-refractivity contribution in [3.05, 3.63) is 53.3 Å². The Morgan fingerprint density at radius 2 is 1.47 bits per heavy atom. The van der Waals surface area contributed by atoms with E-state index in [1.807, 2.05) is 50.2 Å². The molecule has 5 nitrogen and oxygen atoms in total. The molecule has 0 saturated carbocycles. The third-order valence-electron chi connectivity index (χ3n) is 6.69. The second kappa shape index (κ2) is 5.41. The van der Waals surface area contributed by atoms with Crippen molar-refractivity contribution < 1.29 is 8.42 Å². The van der Waals surface area contributed by atoms with E-state index in [4.69, 9.17) is 9.97 Å². The number of aromatic nitrogens is 3. The molecule has 156 valence electrons. The van der Waals surface area contributed by atoms with Crippen LogP contribution in [0.5, 0.6) is 0 Å². The number of hydrogen-bond acceptors (Lipinski definition) is 4. The van der Waals surface area contributed by atoms with Crippen molar-refractivity contribution in [1.82, 2.24) is 14.4 Å². The smallest absolute Gasteiger partial charge is 0.168 e. The second-order valence-corrected chi connectivity index (χ2v) is 13.4. The van der Waals surface area contributed by atoms with Crippen LogP contribution < -0.4 is 0 Å².